The van der Waals surface area contributed by atoms with E-state index in [1.165, 1.54) is 18.3 Å². The summed E-state index contributed by atoms with van der Waals surface area (Å²) in [7, 11) is -1.79. The first-order valence-electron chi connectivity index (χ1n) is 6.61. The second-order valence-corrected chi connectivity index (χ2v) is 7.59. The van der Waals surface area contributed by atoms with Gasteiger partial charge in [0, 0.05) is 30.6 Å². The summed E-state index contributed by atoms with van der Waals surface area (Å²) in [6, 6.07) is 3.03. The highest BCUT2D eigenvalue weighted by molar-refractivity contribution is 8.00. The number of rotatable bonds is 8. The molecule has 1 heterocycles. The molecule has 114 valence electrons. The summed E-state index contributed by atoms with van der Waals surface area (Å²) in [5, 5.41) is 2.84. The lowest BCUT2D eigenvalue weighted by Gasteiger charge is -2.29. The Balaban J connectivity index is 2.89. The van der Waals surface area contributed by atoms with Crippen LogP contribution in [0.25, 0.3) is 0 Å². The Hall–Kier alpha value is -0.790. The van der Waals surface area contributed by atoms with Gasteiger partial charge in [-0.2, -0.15) is 11.8 Å². The number of nitrogens with zero attached hydrogens (tertiary/aromatic N) is 1. The van der Waals surface area contributed by atoms with E-state index in [2.05, 4.69) is 28.9 Å². The van der Waals surface area contributed by atoms with E-state index in [1.54, 1.807) is 18.8 Å². The predicted octanol–water partition coefficient (Wildman–Crippen LogP) is 2.32. The zero-order valence-electron chi connectivity index (χ0n) is 12.4. The Morgan fingerprint density at radius 3 is 2.50 bits per heavy atom. The van der Waals surface area contributed by atoms with Gasteiger partial charge in [-0.1, -0.05) is 13.8 Å². The van der Waals surface area contributed by atoms with Crippen LogP contribution in [-0.4, -0.2) is 38.0 Å². The van der Waals surface area contributed by atoms with E-state index in [-0.39, 0.29) is 9.64 Å². The largest absolute Gasteiger partial charge is 0.373 e. The zero-order valence-corrected chi connectivity index (χ0v) is 14.1. The fourth-order valence-corrected chi connectivity index (χ4v) is 3.91. The first-order chi connectivity index (χ1) is 9.43. The van der Waals surface area contributed by atoms with Crippen molar-refractivity contribution in [3.8, 4) is 0 Å². The standard InChI is InChI=1S/C13H23N3O2S2/c1-5-13(6-2,19-4)10-16-20(17,18)11-7-8-15-12(9-11)14-3/h7-9,16H,5-6,10H2,1-4H3,(H,14,15). The highest BCUT2D eigenvalue weighted by Crippen LogP contribution is 2.30. The van der Waals surface area contributed by atoms with Gasteiger partial charge in [0.2, 0.25) is 10.0 Å². The molecular weight excluding hydrogens is 294 g/mol. The summed E-state index contributed by atoms with van der Waals surface area (Å²) < 4.78 is 27.3. The van der Waals surface area contributed by atoms with Gasteiger partial charge in [-0.25, -0.2) is 18.1 Å². The summed E-state index contributed by atoms with van der Waals surface area (Å²) in [6.07, 6.45) is 5.35. The van der Waals surface area contributed by atoms with Gasteiger partial charge in [0.25, 0.3) is 0 Å². The van der Waals surface area contributed by atoms with Crippen LogP contribution < -0.4 is 10.0 Å². The Morgan fingerprint density at radius 1 is 1.35 bits per heavy atom. The van der Waals surface area contributed by atoms with Crippen LogP contribution in [0, 0.1) is 0 Å². The second kappa shape index (κ2) is 7.28. The summed E-state index contributed by atoms with van der Waals surface area (Å²) in [6.45, 7) is 4.60. The van der Waals surface area contributed by atoms with E-state index in [9.17, 15) is 8.42 Å². The van der Waals surface area contributed by atoms with Gasteiger partial charge in [-0.3, -0.25) is 0 Å². The average molecular weight is 317 g/mol. The van der Waals surface area contributed by atoms with Crippen molar-refractivity contribution in [1.29, 1.82) is 0 Å². The third-order valence-corrected chi connectivity index (χ3v) is 6.59. The van der Waals surface area contributed by atoms with Gasteiger partial charge in [-0.15, -0.1) is 0 Å². The fourth-order valence-electron chi connectivity index (χ4n) is 1.89. The third-order valence-electron chi connectivity index (χ3n) is 3.60. The maximum Gasteiger partial charge on any atom is 0.240 e. The first-order valence-corrected chi connectivity index (χ1v) is 9.32. The van der Waals surface area contributed by atoms with Gasteiger partial charge >= 0.3 is 0 Å². The van der Waals surface area contributed by atoms with Crippen molar-refractivity contribution in [2.75, 3.05) is 25.2 Å². The number of hydrogen-bond acceptors (Lipinski definition) is 5. The molecule has 0 amide bonds. The lowest BCUT2D eigenvalue weighted by atomic mass is 10.0. The SMILES string of the molecule is CCC(CC)(CNS(=O)(=O)c1ccnc(NC)c1)SC. The van der Waals surface area contributed by atoms with Crippen LogP contribution in [0.15, 0.2) is 23.2 Å². The van der Waals surface area contributed by atoms with Crippen LogP contribution in [0.1, 0.15) is 26.7 Å². The van der Waals surface area contributed by atoms with Crippen molar-refractivity contribution in [3.05, 3.63) is 18.3 Å². The molecule has 0 aliphatic heterocycles. The highest BCUT2D eigenvalue weighted by atomic mass is 32.2. The van der Waals surface area contributed by atoms with E-state index in [0.717, 1.165) is 12.8 Å². The van der Waals surface area contributed by atoms with Crippen molar-refractivity contribution >= 4 is 27.6 Å². The van der Waals surface area contributed by atoms with E-state index >= 15 is 0 Å². The molecule has 1 rings (SSSR count). The van der Waals surface area contributed by atoms with E-state index < -0.39 is 10.0 Å². The molecule has 1 aromatic heterocycles. The average Bonchev–Trinajstić information content (AvgIpc) is 2.49. The number of anilines is 1. The van der Waals surface area contributed by atoms with Crippen LogP contribution >= 0.6 is 11.8 Å². The van der Waals surface area contributed by atoms with Crippen LogP contribution in [-0.2, 0) is 10.0 Å². The Labute approximate surface area is 126 Å². The first kappa shape index (κ1) is 17.3. The molecule has 0 atom stereocenters. The summed E-state index contributed by atoms with van der Waals surface area (Å²) in [4.78, 5) is 4.26. The maximum atomic E-state index is 12.3. The van der Waals surface area contributed by atoms with Gasteiger partial charge in [0.1, 0.15) is 5.82 Å². The number of thioether (sulfide) groups is 1. The summed E-state index contributed by atoms with van der Waals surface area (Å²) >= 11 is 1.71. The van der Waals surface area contributed by atoms with Crippen molar-refractivity contribution in [2.24, 2.45) is 0 Å². The van der Waals surface area contributed by atoms with Gasteiger partial charge in [-0.05, 0) is 25.2 Å². The van der Waals surface area contributed by atoms with Gasteiger partial charge < -0.3 is 5.32 Å². The molecular formula is C13H23N3O2S2. The third kappa shape index (κ3) is 4.10. The van der Waals surface area contributed by atoms with Crippen molar-refractivity contribution in [3.63, 3.8) is 0 Å². The number of nitrogens with one attached hydrogen (secondary N) is 2. The molecule has 0 aromatic carbocycles. The van der Waals surface area contributed by atoms with Crippen molar-refractivity contribution in [2.45, 2.75) is 36.3 Å². The molecule has 2 N–H and O–H groups in total. The van der Waals surface area contributed by atoms with Gasteiger partial charge in [0.05, 0.1) is 4.90 Å². The van der Waals surface area contributed by atoms with Gasteiger partial charge in [0.15, 0.2) is 0 Å². The molecule has 0 aliphatic carbocycles. The van der Waals surface area contributed by atoms with Crippen LogP contribution in [0.4, 0.5) is 5.82 Å². The molecule has 0 radical (unpaired) electrons. The summed E-state index contributed by atoms with van der Waals surface area (Å²) in [5.41, 5.74) is 0. The zero-order chi connectivity index (χ0) is 15.2. The van der Waals surface area contributed by atoms with E-state index in [4.69, 9.17) is 0 Å². The minimum Gasteiger partial charge on any atom is -0.373 e. The molecule has 0 saturated carbocycles. The van der Waals surface area contributed by atoms with Crippen LogP contribution in [0.3, 0.4) is 0 Å². The number of aromatic nitrogens is 1. The van der Waals surface area contributed by atoms with Crippen LogP contribution in [0.2, 0.25) is 0 Å². The quantitative estimate of drug-likeness (QED) is 0.770. The van der Waals surface area contributed by atoms with E-state index in [1.807, 2.05) is 6.26 Å². The van der Waals surface area contributed by atoms with E-state index in [0.29, 0.717) is 12.4 Å². The topological polar surface area (TPSA) is 71.1 Å². The number of sulfonamides is 1. The minimum atomic E-state index is -3.50. The molecule has 20 heavy (non-hydrogen) atoms. The molecule has 0 bridgehead atoms. The van der Waals surface area contributed by atoms with Crippen molar-refractivity contribution in [1.82, 2.24) is 9.71 Å². The minimum absolute atomic E-state index is 0.0497. The normalized spacial score (nSPS) is 12.4. The smallest absolute Gasteiger partial charge is 0.240 e. The highest BCUT2D eigenvalue weighted by Gasteiger charge is 2.27. The molecule has 1 aromatic rings. The number of hydrogen-bond donors (Lipinski definition) is 2. The molecule has 5 nitrogen and oxygen atoms in total. The summed E-state index contributed by atoms with van der Waals surface area (Å²) in [5.74, 6) is 0.537. The molecule has 7 heteroatoms. The molecule has 0 fully saturated rings. The maximum absolute atomic E-state index is 12.3. The fraction of sp³-hybridized carbons (Fsp3) is 0.615. The second-order valence-electron chi connectivity index (χ2n) is 4.55. The molecule has 0 unspecified atom stereocenters. The lowest BCUT2D eigenvalue weighted by Crippen LogP contribution is -2.39. The Kier molecular flexibility index (Phi) is 6.29. The molecule has 0 aliphatic rings. The molecule has 0 spiro atoms. The predicted molar refractivity (Wildman–Crippen MR) is 85.8 cm³/mol. The van der Waals surface area contributed by atoms with Crippen molar-refractivity contribution < 1.29 is 8.42 Å². The van der Waals surface area contributed by atoms with Crippen LogP contribution in [0.5, 0.6) is 0 Å². The Bertz CT molecular complexity index is 520. The Morgan fingerprint density at radius 2 is 2.00 bits per heavy atom. The molecule has 0 saturated heterocycles. The monoisotopic (exact) mass is 317 g/mol. The lowest BCUT2D eigenvalue weighted by molar-refractivity contribution is 0.522. The number of pyridine rings is 1.